The molecule has 0 saturated heterocycles. The fourth-order valence-corrected chi connectivity index (χ4v) is 2.01. The lowest BCUT2D eigenvalue weighted by molar-refractivity contribution is 0.432. The number of nitrogens with zero attached hydrogens (tertiary/aromatic N) is 1. The summed E-state index contributed by atoms with van der Waals surface area (Å²) in [5.41, 5.74) is 3.02. The summed E-state index contributed by atoms with van der Waals surface area (Å²) in [5, 5.41) is 5.48. The fraction of sp³-hybridized carbons (Fsp3) is 0.364. The van der Waals surface area contributed by atoms with E-state index in [1.54, 1.807) is 17.6 Å². The summed E-state index contributed by atoms with van der Waals surface area (Å²) in [7, 11) is 0. The third kappa shape index (κ3) is 2.91. The maximum absolute atomic E-state index is 5.31. The van der Waals surface area contributed by atoms with Crippen LogP contribution >= 0.6 is 11.3 Å². The molecule has 0 aromatic carbocycles. The lowest BCUT2D eigenvalue weighted by Crippen LogP contribution is -2.20. The quantitative estimate of drug-likeness (QED) is 0.845. The van der Waals surface area contributed by atoms with E-state index in [-0.39, 0.29) is 6.04 Å². The molecule has 2 heterocycles. The Labute approximate surface area is 93.2 Å². The summed E-state index contributed by atoms with van der Waals surface area (Å²) in [6, 6.07) is 4.16. The Morgan fingerprint density at radius 1 is 1.60 bits per heavy atom. The van der Waals surface area contributed by atoms with Gasteiger partial charge in [0.2, 0.25) is 0 Å². The van der Waals surface area contributed by atoms with Crippen molar-refractivity contribution >= 4 is 11.3 Å². The number of hydrogen-bond acceptors (Lipinski definition) is 4. The molecular formula is C11H14N2OS. The molecule has 2 aromatic heterocycles. The predicted octanol–water partition coefficient (Wildman–Crippen LogP) is 2.63. The molecule has 1 unspecified atom stereocenters. The molecule has 2 rings (SSSR count). The van der Waals surface area contributed by atoms with Crippen molar-refractivity contribution in [1.82, 2.24) is 10.3 Å². The fourth-order valence-electron chi connectivity index (χ4n) is 1.42. The third-order valence-corrected chi connectivity index (χ3v) is 2.92. The minimum absolute atomic E-state index is 0.263. The number of aromatic nitrogens is 1. The highest BCUT2D eigenvalue weighted by Crippen LogP contribution is 2.11. The molecule has 2 aromatic rings. The van der Waals surface area contributed by atoms with Crippen LogP contribution in [0, 0.1) is 0 Å². The molecule has 0 aliphatic rings. The predicted molar refractivity (Wildman–Crippen MR) is 60.9 cm³/mol. The average Bonchev–Trinajstić information content (AvgIpc) is 2.90. The molecule has 0 spiro atoms. The molecule has 1 atom stereocenters. The van der Waals surface area contributed by atoms with Gasteiger partial charge in [0.25, 0.3) is 0 Å². The van der Waals surface area contributed by atoms with E-state index >= 15 is 0 Å². The van der Waals surface area contributed by atoms with Crippen molar-refractivity contribution in [3.8, 4) is 0 Å². The first-order chi connectivity index (χ1) is 7.36. The number of rotatable bonds is 5. The lowest BCUT2D eigenvalue weighted by atomic mass is 10.2. The zero-order valence-electron chi connectivity index (χ0n) is 8.64. The van der Waals surface area contributed by atoms with Crippen LogP contribution in [0.3, 0.4) is 0 Å². The van der Waals surface area contributed by atoms with Crippen molar-refractivity contribution in [3.05, 3.63) is 40.7 Å². The highest BCUT2D eigenvalue weighted by atomic mass is 32.1. The third-order valence-electron chi connectivity index (χ3n) is 2.29. The van der Waals surface area contributed by atoms with E-state index < -0.39 is 0 Å². The van der Waals surface area contributed by atoms with Crippen LogP contribution in [0.5, 0.6) is 0 Å². The molecule has 80 valence electrons. The molecule has 15 heavy (non-hydrogen) atoms. The number of thiazole rings is 1. The Morgan fingerprint density at radius 2 is 2.53 bits per heavy atom. The monoisotopic (exact) mass is 222 g/mol. The standard InChI is InChI=1S/C11H14N2OS/c1-9(11-3-2-6-14-11)12-5-4-10-7-15-8-13-10/h2-3,6-9,12H,4-5H2,1H3. The first-order valence-electron chi connectivity index (χ1n) is 5.00. The van der Waals surface area contributed by atoms with E-state index in [1.165, 1.54) is 0 Å². The van der Waals surface area contributed by atoms with Gasteiger partial charge >= 0.3 is 0 Å². The number of hydrogen-bond donors (Lipinski definition) is 1. The van der Waals surface area contributed by atoms with Gasteiger partial charge in [0.1, 0.15) is 5.76 Å². The second-order valence-electron chi connectivity index (χ2n) is 3.42. The van der Waals surface area contributed by atoms with Crippen LogP contribution < -0.4 is 5.32 Å². The van der Waals surface area contributed by atoms with Crippen molar-refractivity contribution in [2.45, 2.75) is 19.4 Å². The summed E-state index contributed by atoms with van der Waals surface area (Å²) >= 11 is 1.64. The molecular weight excluding hydrogens is 208 g/mol. The van der Waals surface area contributed by atoms with Crippen LogP contribution in [0.1, 0.15) is 24.4 Å². The molecule has 0 radical (unpaired) electrons. The van der Waals surface area contributed by atoms with Gasteiger partial charge in [0.15, 0.2) is 0 Å². The van der Waals surface area contributed by atoms with Crippen molar-refractivity contribution in [2.24, 2.45) is 0 Å². The van der Waals surface area contributed by atoms with E-state index in [0.717, 1.165) is 24.4 Å². The van der Waals surface area contributed by atoms with Gasteiger partial charge in [-0.05, 0) is 19.1 Å². The number of furan rings is 1. The van der Waals surface area contributed by atoms with Crippen LogP contribution in [0.4, 0.5) is 0 Å². The van der Waals surface area contributed by atoms with E-state index in [9.17, 15) is 0 Å². The Morgan fingerprint density at radius 3 is 3.20 bits per heavy atom. The summed E-state index contributed by atoms with van der Waals surface area (Å²) in [5.74, 6) is 0.980. The Bertz CT molecular complexity index is 369. The molecule has 1 N–H and O–H groups in total. The maximum atomic E-state index is 5.31. The molecule has 0 saturated carbocycles. The SMILES string of the molecule is CC(NCCc1cscn1)c1ccco1. The second kappa shape index (κ2) is 5.09. The average molecular weight is 222 g/mol. The molecule has 0 bridgehead atoms. The van der Waals surface area contributed by atoms with E-state index in [0.29, 0.717) is 0 Å². The van der Waals surface area contributed by atoms with Gasteiger partial charge in [-0.25, -0.2) is 4.98 Å². The van der Waals surface area contributed by atoms with E-state index in [2.05, 4.69) is 22.6 Å². The van der Waals surface area contributed by atoms with Crippen LogP contribution in [-0.4, -0.2) is 11.5 Å². The van der Waals surface area contributed by atoms with Crippen LogP contribution in [-0.2, 0) is 6.42 Å². The Kier molecular flexibility index (Phi) is 3.53. The molecule has 4 heteroatoms. The topological polar surface area (TPSA) is 38.1 Å². The van der Waals surface area contributed by atoms with Gasteiger partial charge in [-0.15, -0.1) is 11.3 Å². The van der Waals surface area contributed by atoms with Crippen LogP contribution in [0.15, 0.2) is 33.7 Å². The van der Waals surface area contributed by atoms with Crippen molar-refractivity contribution in [2.75, 3.05) is 6.54 Å². The lowest BCUT2D eigenvalue weighted by Gasteiger charge is -2.09. The summed E-state index contributed by atoms with van der Waals surface area (Å²) in [6.45, 7) is 3.02. The van der Waals surface area contributed by atoms with Crippen molar-refractivity contribution in [3.63, 3.8) is 0 Å². The summed E-state index contributed by atoms with van der Waals surface area (Å²) in [4.78, 5) is 4.23. The first-order valence-corrected chi connectivity index (χ1v) is 5.94. The smallest absolute Gasteiger partial charge is 0.120 e. The van der Waals surface area contributed by atoms with Crippen molar-refractivity contribution < 1.29 is 4.42 Å². The highest BCUT2D eigenvalue weighted by Gasteiger charge is 2.06. The second-order valence-corrected chi connectivity index (χ2v) is 4.14. The zero-order chi connectivity index (χ0) is 10.5. The van der Waals surface area contributed by atoms with E-state index in [4.69, 9.17) is 4.42 Å². The van der Waals surface area contributed by atoms with Gasteiger partial charge in [-0.2, -0.15) is 0 Å². The summed E-state index contributed by atoms with van der Waals surface area (Å²) in [6.07, 6.45) is 2.67. The Hall–Kier alpha value is -1.13. The van der Waals surface area contributed by atoms with Crippen LogP contribution in [0.25, 0.3) is 0 Å². The van der Waals surface area contributed by atoms with Crippen LogP contribution in [0.2, 0.25) is 0 Å². The van der Waals surface area contributed by atoms with Gasteiger partial charge in [-0.1, -0.05) is 0 Å². The van der Waals surface area contributed by atoms with Gasteiger partial charge in [-0.3, -0.25) is 0 Å². The molecule has 0 aliphatic carbocycles. The van der Waals surface area contributed by atoms with Gasteiger partial charge in [0.05, 0.1) is 23.5 Å². The zero-order valence-corrected chi connectivity index (χ0v) is 9.46. The maximum Gasteiger partial charge on any atom is 0.120 e. The highest BCUT2D eigenvalue weighted by molar-refractivity contribution is 7.07. The molecule has 0 amide bonds. The van der Waals surface area contributed by atoms with Gasteiger partial charge in [0, 0.05) is 18.3 Å². The first kappa shape index (κ1) is 10.4. The minimum atomic E-state index is 0.263. The van der Waals surface area contributed by atoms with E-state index in [1.807, 2.05) is 17.6 Å². The normalized spacial score (nSPS) is 12.9. The summed E-state index contributed by atoms with van der Waals surface area (Å²) < 4.78 is 5.31. The minimum Gasteiger partial charge on any atom is -0.468 e. The van der Waals surface area contributed by atoms with Gasteiger partial charge < -0.3 is 9.73 Å². The molecule has 0 aliphatic heterocycles. The molecule has 0 fully saturated rings. The van der Waals surface area contributed by atoms with Crippen molar-refractivity contribution in [1.29, 1.82) is 0 Å². The molecule has 3 nitrogen and oxygen atoms in total. The number of nitrogens with one attached hydrogen (secondary N) is 1. The largest absolute Gasteiger partial charge is 0.468 e. The Balaban J connectivity index is 1.74.